The SMILES string of the molecule is Cc1nsnc1C(=O)NCc1nnc2n1CCC2. The molecule has 1 N–H and O–H groups in total. The van der Waals surface area contributed by atoms with Gasteiger partial charge in [0.15, 0.2) is 11.5 Å². The number of amides is 1. The molecule has 0 aromatic carbocycles. The lowest BCUT2D eigenvalue weighted by atomic mass is 10.3. The quantitative estimate of drug-likeness (QED) is 0.862. The van der Waals surface area contributed by atoms with Crippen molar-refractivity contribution in [3.63, 3.8) is 0 Å². The van der Waals surface area contributed by atoms with Crippen molar-refractivity contribution in [1.29, 1.82) is 0 Å². The topological polar surface area (TPSA) is 85.6 Å². The number of aromatic nitrogens is 5. The molecule has 7 nitrogen and oxygen atoms in total. The fraction of sp³-hybridized carbons (Fsp3) is 0.500. The van der Waals surface area contributed by atoms with Crippen molar-refractivity contribution in [2.75, 3.05) is 0 Å². The molecule has 8 heteroatoms. The van der Waals surface area contributed by atoms with Gasteiger partial charge in [0.25, 0.3) is 5.91 Å². The Morgan fingerprint density at radius 1 is 1.44 bits per heavy atom. The highest BCUT2D eigenvalue weighted by atomic mass is 32.1. The minimum Gasteiger partial charge on any atom is -0.343 e. The average molecular weight is 264 g/mol. The molecule has 0 aliphatic carbocycles. The van der Waals surface area contributed by atoms with Crippen LogP contribution in [0.3, 0.4) is 0 Å². The van der Waals surface area contributed by atoms with Gasteiger partial charge in [-0.1, -0.05) is 0 Å². The van der Waals surface area contributed by atoms with E-state index in [2.05, 4.69) is 28.8 Å². The molecular formula is C10H12N6OS. The van der Waals surface area contributed by atoms with Crippen LogP contribution >= 0.6 is 11.7 Å². The molecule has 0 fully saturated rings. The van der Waals surface area contributed by atoms with Gasteiger partial charge in [-0.25, -0.2) is 0 Å². The van der Waals surface area contributed by atoms with Crippen LogP contribution in [0, 0.1) is 6.92 Å². The van der Waals surface area contributed by atoms with E-state index in [1.165, 1.54) is 0 Å². The van der Waals surface area contributed by atoms with Crippen LogP contribution in [0.25, 0.3) is 0 Å². The first-order chi connectivity index (χ1) is 8.75. The molecule has 0 bridgehead atoms. The van der Waals surface area contributed by atoms with Gasteiger partial charge in [0.1, 0.15) is 5.82 Å². The van der Waals surface area contributed by atoms with Crippen LogP contribution in [-0.4, -0.2) is 29.4 Å². The first kappa shape index (κ1) is 11.3. The van der Waals surface area contributed by atoms with Crippen LogP contribution in [0.2, 0.25) is 0 Å². The number of hydrogen-bond acceptors (Lipinski definition) is 6. The van der Waals surface area contributed by atoms with E-state index in [0.29, 0.717) is 17.9 Å². The summed E-state index contributed by atoms with van der Waals surface area (Å²) in [5.74, 6) is 1.60. The molecule has 18 heavy (non-hydrogen) atoms. The number of nitrogens with zero attached hydrogens (tertiary/aromatic N) is 5. The highest BCUT2D eigenvalue weighted by Crippen LogP contribution is 2.13. The zero-order valence-electron chi connectivity index (χ0n) is 9.88. The molecule has 94 valence electrons. The molecule has 0 saturated carbocycles. The number of fused-ring (bicyclic) bond motifs is 1. The fourth-order valence-electron chi connectivity index (χ4n) is 2.02. The van der Waals surface area contributed by atoms with E-state index in [-0.39, 0.29) is 5.91 Å². The highest BCUT2D eigenvalue weighted by molar-refractivity contribution is 6.99. The van der Waals surface area contributed by atoms with Crippen molar-refractivity contribution in [1.82, 2.24) is 28.8 Å². The third kappa shape index (κ3) is 1.88. The minimum absolute atomic E-state index is 0.211. The predicted octanol–water partition coefficient (Wildman–Crippen LogP) is 0.314. The van der Waals surface area contributed by atoms with E-state index in [9.17, 15) is 4.79 Å². The first-order valence-corrected chi connectivity index (χ1v) is 6.47. The molecule has 1 aliphatic rings. The molecule has 1 amide bonds. The minimum atomic E-state index is -0.211. The van der Waals surface area contributed by atoms with E-state index >= 15 is 0 Å². The standard InChI is InChI=1S/C10H12N6OS/c1-6-9(15-18-14-6)10(17)11-5-8-13-12-7-3-2-4-16(7)8/h2-5H2,1H3,(H,11,17). The van der Waals surface area contributed by atoms with E-state index in [1.54, 1.807) is 6.92 Å². The summed E-state index contributed by atoms with van der Waals surface area (Å²) in [4.78, 5) is 11.9. The second-order valence-electron chi connectivity index (χ2n) is 4.17. The van der Waals surface area contributed by atoms with Crippen LogP contribution < -0.4 is 5.32 Å². The van der Waals surface area contributed by atoms with Gasteiger partial charge < -0.3 is 9.88 Å². The summed E-state index contributed by atoms with van der Waals surface area (Å²) >= 11 is 1.04. The number of rotatable bonds is 3. The molecule has 0 unspecified atom stereocenters. The predicted molar refractivity (Wildman–Crippen MR) is 64.2 cm³/mol. The fourth-order valence-corrected chi connectivity index (χ4v) is 2.57. The summed E-state index contributed by atoms with van der Waals surface area (Å²) in [6.45, 7) is 3.08. The normalized spacial score (nSPS) is 13.6. The van der Waals surface area contributed by atoms with Crippen molar-refractivity contribution >= 4 is 17.6 Å². The number of aryl methyl sites for hydroxylation is 2. The monoisotopic (exact) mass is 264 g/mol. The first-order valence-electron chi connectivity index (χ1n) is 5.74. The molecule has 0 radical (unpaired) electrons. The van der Waals surface area contributed by atoms with Gasteiger partial charge in [0.05, 0.1) is 24.0 Å². The second kappa shape index (κ2) is 4.45. The Morgan fingerprint density at radius 2 is 2.33 bits per heavy atom. The van der Waals surface area contributed by atoms with Gasteiger partial charge in [0.2, 0.25) is 0 Å². The van der Waals surface area contributed by atoms with Crippen molar-refractivity contribution in [2.45, 2.75) is 32.9 Å². The van der Waals surface area contributed by atoms with E-state index in [1.807, 2.05) is 0 Å². The Bertz CT molecular complexity index is 589. The van der Waals surface area contributed by atoms with Gasteiger partial charge in [-0.3, -0.25) is 4.79 Å². The van der Waals surface area contributed by atoms with Gasteiger partial charge in [-0.2, -0.15) is 8.75 Å². The molecule has 3 heterocycles. The molecule has 0 atom stereocenters. The Balaban J connectivity index is 1.68. The van der Waals surface area contributed by atoms with Crippen LogP contribution in [-0.2, 0) is 19.5 Å². The molecule has 3 rings (SSSR count). The average Bonchev–Trinajstić information content (AvgIpc) is 3.02. The largest absolute Gasteiger partial charge is 0.343 e. The summed E-state index contributed by atoms with van der Waals surface area (Å²) < 4.78 is 10.0. The molecule has 2 aromatic rings. The van der Waals surface area contributed by atoms with Crippen LogP contribution in [0.4, 0.5) is 0 Å². The highest BCUT2D eigenvalue weighted by Gasteiger charge is 2.18. The Kier molecular flexibility index (Phi) is 2.78. The number of carbonyl (C=O) groups is 1. The van der Waals surface area contributed by atoms with Gasteiger partial charge in [-0.05, 0) is 13.3 Å². The molecule has 1 aliphatic heterocycles. The van der Waals surface area contributed by atoms with Crippen molar-refractivity contribution < 1.29 is 4.79 Å². The maximum atomic E-state index is 11.9. The maximum absolute atomic E-state index is 11.9. The lowest BCUT2D eigenvalue weighted by Crippen LogP contribution is -2.25. The smallest absolute Gasteiger partial charge is 0.273 e. The Hall–Kier alpha value is -1.83. The van der Waals surface area contributed by atoms with Gasteiger partial charge in [-0.15, -0.1) is 10.2 Å². The summed E-state index contributed by atoms with van der Waals surface area (Å²) in [5.41, 5.74) is 1.05. The van der Waals surface area contributed by atoms with Crippen molar-refractivity contribution in [3.05, 3.63) is 23.0 Å². The van der Waals surface area contributed by atoms with E-state index in [4.69, 9.17) is 0 Å². The van der Waals surface area contributed by atoms with E-state index in [0.717, 1.165) is 42.8 Å². The Labute approximate surface area is 108 Å². The molecule has 0 saturated heterocycles. The van der Waals surface area contributed by atoms with Crippen LogP contribution in [0.15, 0.2) is 0 Å². The zero-order valence-corrected chi connectivity index (χ0v) is 10.7. The number of carbonyl (C=O) groups excluding carboxylic acids is 1. The zero-order chi connectivity index (χ0) is 12.5. The van der Waals surface area contributed by atoms with Crippen molar-refractivity contribution in [3.8, 4) is 0 Å². The lowest BCUT2D eigenvalue weighted by Gasteiger charge is -2.04. The second-order valence-corrected chi connectivity index (χ2v) is 4.70. The van der Waals surface area contributed by atoms with Crippen molar-refractivity contribution in [2.24, 2.45) is 0 Å². The van der Waals surface area contributed by atoms with Crippen LogP contribution in [0.1, 0.15) is 34.3 Å². The van der Waals surface area contributed by atoms with E-state index < -0.39 is 0 Å². The van der Waals surface area contributed by atoms with Crippen LogP contribution in [0.5, 0.6) is 0 Å². The van der Waals surface area contributed by atoms with Gasteiger partial charge in [0, 0.05) is 13.0 Å². The lowest BCUT2D eigenvalue weighted by molar-refractivity contribution is 0.0944. The summed E-state index contributed by atoms with van der Waals surface area (Å²) in [6.07, 6.45) is 2.07. The Morgan fingerprint density at radius 3 is 3.11 bits per heavy atom. The van der Waals surface area contributed by atoms with Gasteiger partial charge >= 0.3 is 0 Å². The molecular weight excluding hydrogens is 252 g/mol. The molecule has 2 aromatic heterocycles. The summed E-state index contributed by atoms with van der Waals surface area (Å²) in [7, 11) is 0. The third-order valence-electron chi connectivity index (χ3n) is 2.96. The molecule has 0 spiro atoms. The number of hydrogen-bond donors (Lipinski definition) is 1. The summed E-state index contributed by atoms with van der Waals surface area (Å²) in [5, 5.41) is 11.0. The summed E-state index contributed by atoms with van der Waals surface area (Å²) in [6, 6.07) is 0. The number of nitrogens with one attached hydrogen (secondary N) is 1. The third-order valence-corrected chi connectivity index (χ3v) is 3.58. The maximum Gasteiger partial charge on any atom is 0.273 e.